The summed E-state index contributed by atoms with van der Waals surface area (Å²) in [5.74, 6) is -0.110. The third kappa shape index (κ3) is 2.06. The van der Waals surface area contributed by atoms with Gasteiger partial charge < -0.3 is 9.47 Å². The summed E-state index contributed by atoms with van der Waals surface area (Å²) in [5, 5.41) is 1.41. The van der Waals surface area contributed by atoms with Gasteiger partial charge in [-0.25, -0.2) is 4.79 Å². The summed E-state index contributed by atoms with van der Waals surface area (Å²) < 4.78 is 22.8. The van der Waals surface area contributed by atoms with Crippen molar-refractivity contribution >= 4 is 16.8 Å². The molecule has 0 aromatic heterocycles. The van der Waals surface area contributed by atoms with Gasteiger partial charge in [0.15, 0.2) is 0 Å². The topological polar surface area (TPSA) is 52.6 Å². The van der Waals surface area contributed by atoms with Gasteiger partial charge in [0.2, 0.25) is 0 Å². The Balaban J connectivity index is 2.27. The first-order valence-corrected chi connectivity index (χ1v) is 8.25. The first kappa shape index (κ1) is 15.7. The van der Waals surface area contributed by atoms with Crippen molar-refractivity contribution in [3.8, 4) is 0 Å². The predicted molar refractivity (Wildman–Crippen MR) is 78.5 cm³/mol. The highest BCUT2D eigenvalue weighted by Crippen LogP contribution is 2.67. The summed E-state index contributed by atoms with van der Waals surface area (Å²) >= 11 is 0. The average molecular weight is 300 g/mol. The third-order valence-corrected chi connectivity index (χ3v) is 7.27. The highest BCUT2D eigenvalue weighted by Gasteiger charge is 2.67. The fourth-order valence-electron chi connectivity index (χ4n) is 4.18. The van der Waals surface area contributed by atoms with Crippen LogP contribution >= 0.6 is 0 Å². The summed E-state index contributed by atoms with van der Waals surface area (Å²) in [7, 11) is 1.78. The molecular formula is C15H24O4S. The molecule has 0 heterocycles. The Labute approximate surface area is 123 Å². The van der Waals surface area contributed by atoms with E-state index < -0.39 is 16.8 Å². The van der Waals surface area contributed by atoms with E-state index >= 15 is 0 Å². The minimum Gasteiger partial charge on any atom is -0.466 e. The molecule has 0 saturated heterocycles. The van der Waals surface area contributed by atoms with Gasteiger partial charge in [0.1, 0.15) is 0 Å². The van der Waals surface area contributed by atoms with E-state index in [0.29, 0.717) is 5.92 Å². The molecule has 2 aliphatic rings. The highest BCUT2D eigenvalue weighted by molar-refractivity contribution is 7.88. The van der Waals surface area contributed by atoms with Gasteiger partial charge in [0, 0.05) is 24.0 Å². The molecule has 5 atom stereocenters. The number of esters is 1. The van der Waals surface area contributed by atoms with Crippen molar-refractivity contribution in [2.75, 3.05) is 14.2 Å². The number of hydrogen-bond acceptors (Lipinski definition) is 4. The van der Waals surface area contributed by atoms with Crippen LogP contribution in [0.1, 0.15) is 33.6 Å². The molecule has 0 spiro atoms. The van der Waals surface area contributed by atoms with E-state index in [1.165, 1.54) is 18.6 Å². The van der Waals surface area contributed by atoms with Gasteiger partial charge >= 0.3 is 5.97 Å². The van der Waals surface area contributed by atoms with Crippen LogP contribution in [0, 0.1) is 16.7 Å². The molecule has 0 aromatic rings. The molecule has 0 N–H and O–H groups in total. The molecule has 2 fully saturated rings. The molecule has 2 saturated carbocycles. The van der Waals surface area contributed by atoms with Crippen molar-refractivity contribution < 1.29 is 18.5 Å². The van der Waals surface area contributed by atoms with Crippen molar-refractivity contribution in [1.82, 2.24) is 0 Å². The lowest BCUT2D eigenvalue weighted by atomic mass is 9.70. The fourth-order valence-corrected chi connectivity index (χ4v) is 6.06. The molecule has 2 rings (SSSR count). The molecule has 2 aliphatic carbocycles. The first-order valence-electron chi connectivity index (χ1n) is 6.98. The second-order valence-corrected chi connectivity index (χ2v) is 8.03. The summed E-state index contributed by atoms with van der Waals surface area (Å²) in [6, 6.07) is 0. The Hall–Kier alpha value is -0.680. The molecule has 0 amide bonds. The molecule has 114 valence electrons. The lowest BCUT2D eigenvalue weighted by Gasteiger charge is -2.38. The minimum atomic E-state index is -1.23. The molecule has 20 heavy (non-hydrogen) atoms. The summed E-state index contributed by atoms with van der Waals surface area (Å²) in [6.07, 6.45) is 3.41. The molecule has 0 aliphatic heterocycles. The second-order valence-electron chi connectivity index (χ2n) is 6.56. The molecular weight excluding hydrogens is 276 g/mol. The van der Waals surface area contributed by atoms with Gasteiger partial charge in [-0.3, -0.25) is 4.21 Å². The number of carbonyl (C=O) groups excluding carboxylic acids is 1. The van der Waals surface area contributed by atoms with Crippen LogP contribution in [0.4, 0.5) is 0 Å². The van der Waals surface area contributed by atoms with E-state index in [4.69, 9.17) is 4.74 Å². The first-order chi connectivity index (χ1) is 9.29. The van der Waals surface area contributed by atoms with Crippen LogP contribution in [0.3, 0.4) is 0 Å². The Bertz CT molecular complexity index is 457. The minimum absolute atomic E-state index is 0.0284. The quantitative estimate of drug-likeness (QED) is 0.590. The Morgan fingerprint density at radius 1 is 1.30 bits per heavy atom. The van der Waals surface area contributed by atoms with E-state index in [-0.39, 0.29) is 22.2 Å². The molecule has 4 nitrogen and oxygen atoms in total. The lowest BCUT2D eigenvalue weighted by molar-refractivity contribution is -0.134. The van der Waals surface area contributed by atoms with E-state index in [1.54, 1.807) is 7.11 Å². The number of carbonyl (C=O) groups is 1. The molecule has 0 radical (unpaired) electrons. The number of hydrogen-bond donors (Lipinski definition) is 0. The molecule has 5 heteroatoms. The zero-order chi connectivity index (χ0) is 15.1. The van der Waals surface area contributed by atoms with Crippen molar-refractivity contribution in [3.63, 3.8) is 0 Å². The van der Waals surface area contributed by atoms with Crippen LogP contribution in [0.5, 0.6) is 0 Å². The van der Waals surface area contributed by atoms with Crippen molar-refractivity contribution in [2.45, 2.75) is 45.0 Å². The van der Waals surface area contributed by atoms with Crippen molar-refractivity contribution in [1.29, 1.82) is 0 Å². The van der Waals surface area contributed by atoms with Gasteiger partial charge in [-0.15, -0.1) is 0 Å². The maximum Gasteiger partial charge on any atom is 0.331 e. The number of fused-ring (bicyclic) bond motifs is 2. The smallest absolute Gasteiger partial charge is 0.331 e. The van der Waals surface area contributed by atoms with E-state index in [0.717, 1.165) is 12.8 Å². The van der Waals surface area contributed by atoms with E-state index in [9.17, 15) is 9.00 Å². The summed E-state index contributed by atoms with van der Waals surface area (Å²) in [5.41, 5.74) is 0.152. The third-order valence-electron chi connectivity index (χ3n) is 5.76. The normalized spacial score (nSPS) is 40.1. The molecule has 0 aromatic carbocycles. The molecule has 1 unspecified atom stereocenters. The maximum absolute atomic E-state index is 12.6. The Kier molecular flexibility index (Phi) is 4.13. The number of ether oxygens (including phenoxy) is 2. The van der Waals surface area contributed by atoms with Crippen molar-refractivity contribution in [2.24, 2.45) is 16.7 Å². The largest absolute Gasteiger partial charge is 0.466 e. The van der Waals surface area contributed by atoms with E-state index in [2.05, 4.69) is 25.5 Å². The van der Waals surface area contributed by atoms with Crippen LogP contribution in [0.2, 0.25) is 0 Å². The van der Waals surface area contributed by atoms with Crippen LogP contribution in [0.15, 0.2) is 11.5 Å². The second kappa shape index (κ2) is 5.26. The zero-order valence-electron chi connectivity index (χ0n) is 12.8. The average Bonchev–Trinajstić information content (AvgIpc) is 2.74. The Morgan fingerprint density at radius 3 is 2.50 bits per heavy atom. The molecule has 2 bridgehead atoms. The summed E-state index contributed by atoms with van der Waals surface area (Å²) in [6.45, 7) is 6.73. The zero-order valence-corrected chi connectivity index (χ0v) is 13.7. The number of rotatable bonds is 4. The van der Waals surface area contributed by atoms with E-state index in [1.807, 2.05) is 0 Å². The predicted octanol–water partition coefficient (Wildman–Crippen LogP) is 2.26. The van der Waals surface area contributed by atoms with Crippen LogP contribution in [-0.4, -0.2) is 35.8 Å². The number of methoxy groups -OCH3 is 2. The van der Waals surface area contributed by atoms with Crippen LogP contribution in [0.25, 0.3) is 0 Å². The maximum atomic E-state index is 12.6. The fraction of sp³-hybridized carbons (Fsp3) is 0.800. The standard InChI is InChI=1S/C15H24O4S/c1-14(2)10-6-8-15(14,3)13(19-5)12(10)20(17)9-7-11(16)18-4/h7,9-10,12-13H,6,8H2,1-5H3/b9-7+/t10-,12-,13-,15-,20?/m1/s1. The van der Waals surface area contributed by atoms with Crippen LogP contribution in [-0.2, 0) is 25.1 Å². The SMILES string of the molecule is COC(=O)/C=C/S(=O)[C@@H]1[C@H]2CC[C@](C)([C@@H]1OC)C2(C)C. The van der Waals surface area contributed by atoms with Gasteiger partial charge in [0.25, 0.3) is 0 Å². The summed E-state index contributed by atoms with van der Waals surface area (Å²) in [4.78, 5) is 11.2. The van der Waals surface area contributed by atoms with Gasteiger partial charge in [-0.1, -0.05) is 20.8 Å². The lowest BCUT2D eigenvalue weighted by Crippen LogP contribution is -2.42. The van der Waals surface area contributed by atoms with Crippen molar-refractivity contribution in [3.05, 3.63) is 11.5 Å². The van der Waals surface area contributed by atoms with Crippen LogP contribution < -0.4 is 0 Å². The van der Waals surface area contributed by atoms with Gasteiger partial charge in [-0.2, -0.15) is 0 Å². The van der Waals surface area contributed by atoms with Gasteiger partial charge in [-0.05, 0) is 24.2 Å². The Morgan fingerprint density at radius 2 is 1.95 bits per heavy atom. The van der Waals surface area contributed by atoms with Gasteiger partial charge in [0.05, 0.1) is 29.3 Å². The highest BCUT2D eigenvalue weighted by atomic mass is 32.2. The monoisotopic (exact) mass is 300 g/mol.